The summed E-state index contributed by atoms with van der Waals surface area (Å²) in [7, 11) is 1.90. The summed E-state index contributed by atoms with van der Waals surface area (Å²) in [4.78, 5) is 31.6. The summed E-state index contributed by atoms with van der Waals surface area (Å²) in [6.07, 6.45) is 10.9. The molecular formula is C22H28N4O2S. The van der Waals surface area contributed by atoms with Crippen molar-refractivity contribution in [3.05, 3.63) is 42.2 Å². The molecule has 0 unspecified atom stereocenters. The van der Waals surface area contributed by atoms with Crippen molar-refractivity contribution >= 4 is 29.3 Å². The van der Waals surface area contributed by atoms with Crippen LogP contribution in [0.2, 0.25) is 0 Å². The maximum absolute atomic E-state index is 13.1. The number of amides is 2. The number of anilines is 1. The fourth-order valence-corrected chi connectivity index (χ4v) is 5.29. The van der Waals surface area contributed by atoms with Gasteiger partial charge >= 0.3 is 0 Å². The molecule has 2 fully saturated rings. The third-order valence-electron chi connectivity index (χ3n) is 6.03. The zero-order valence-electron chi connectivity index (χ0n) is 16.8. The number of rotatable bonds is 5. The fourth-order valence-electron chi connectivity index (χ4n) is 4.56. The van der Waals surface area contributed by atoms with E-state index in [1.165, 1.54) is 37.4 Å². The number of benzene rings is 1. The molecule has 2 aliphatic rings. The first-order valence-electron chi connectivity index (χ1n) is 10.4. The smallest absolute Gasteiger partial charge is 0.254 e. The molecule has 2 amide bonds. The Balaban J connectivity index is 1.34. The summed E-state index contributed by atoms with van der Waals surface area (Å²) in [6.45, 7) is 0.864. The SMILES string of the molecule is Cn1ccnc1SCC(=O)Nc1ccc(C(=O)N2CCC[C@@H]3CCCC[C@@H]32)cc1. The lowest BCUT2D eigenvalue weighted by atomic mass is 9.78. The van der Waals surface area contributed by atoms with Crippen LogP contribution in [0, 0.1) is 5.92 Å². The van der Waals surface area contributed by atoms with Gasteiger partial charge in [0.15, 0.2) is 5.16 Å². The Morgan fingerprint density at radius 3 is 2.66 bits per heavy atom. The minimum absolute atomic E-state index is 0.0850. The minimum Gasteiger partial charge on any atom is -0.335 e. The van der Waals surface area contributed by atoms with Gasteiger partial charge in [0.25, 0.3) is 5.91 Å². The molecule has 1 aromatic heterocycles. The lowest BCUT2D eigenvalue weighted by molar-refractivity contribution is -0.113. The number of likely N-dealkylation sites (tertiary alicyclic amines) is 1. The van der Waals surface area contributed by atoms with Crippen molar-refractivity contribution in [1.82, 2.24) is 14.5 Å². The van der Waals surface area contributed by atoms with Crippen LogP contribution in [-0.4, -0.2) is 44.6 Å². The molecule has 2 heterocycles. The van der Waals surface area contributed by atoms with Gasteiger partial charge in [-0.1, -0.05) is 24.6 Å². The molecule has 0 bridgehead atoms. The highest BCUT2D eigenvalue weighted by molar-refractivity contribution is 7.99. The zero-order valence-corrected chi connectivity index (χ0v) is 17.7. The van der Waals surface area contributed by atoms with Crippen LogP contribution in [0.15, 0.2) is 41.8 Å². The second-order valence-electron chi connectivity index (χ2n) is 7.99. The van der Waals surface area contributed by atoms with Crippen LogP contribution in [0.4, 0.5) is 5.69 Å². The van der Waals surface area contributed by atoms with Gasteiger partial charge in [-0.15, -0.1) is 0 Å². The van der Waals surface area contributed by atoms with Crippen molar-refractivity contribution < 1.29 is 9.59 Å². The molecule has 29 heavy (non-hydrogen) atoms. The molecule has 7 heteroatoms. The minimum atomic E-state index is -0.0850. The highest BCUT2D eigenvalue weighted by Crippen LogP contribution is 2.36. The van der Waals surface area contributed by atoms with Gasteiger partial charge in [0.05, 0.1) is 5.75 Å². The van der Waals surface area contributed by atoms with Crippen LogP contribution in [0.5, 0.6) is 0 Å². The largest absolute Gasteiger partial charge is 0.335 e. The molecule has 1 aliphatic heterocycles. The first kappa shape index (κ1) is 20.0. The normalized spacial score (nSPS) is 21.5. The van der Waals surface area contributed by atoms with Crippen LogP contribution < -0.4 is 5.32 Å². The number of carbonyl (C=O) groups excluding carboxylic acids is 2. The lowest BCUT2D eigenvalue weighted by Crippen LogP contribution is -2.49. The van der Waals surface area contributed by atoms with E-state index in [4.69, 9.17) is 0 Å². The fraction of sp³-hybridized carbons (Fsp3) is 0.500. The van der Waals surface area contributed by atoms with Gasteiger partial charge in [-0.05, 0) is 55.9 Å². The third kappa shape index (κ3) is 4.66. The van der Waals surface area contributed by atoms with Crippen molar-refractivity contribution in [2.75, 3.05) is 17.6 Å². The van der Waals surface area contributed by atoms with Crippen LogP contribution in [0.1, 0.15) is 48.9 Å². The van der Waals surface area contributed by atoms with Gasteiger partial charge in [-0.25, -0.2) is 4.98 Å². The standard InChI is InChI=1S/C22H28N4O2S/c1-25-14-12-23-22(25)29-15-20(27)24-18-10-8-17(9-11-18)21(28)26-13-4-6-16-5-2-3-7-19(16)26/h8-12,14,16,19H,2-7,13,15H2,1H3,(H,24,27)/t16-,19-/m0/s1. The van der Waals surface area contributed by atoms with Crippen LogP contribution >= 0.6 is 11.8 Å². The molecule has 2 aromatic rings. The number of hydrogen-bond donors (Lipinski definition) is 1. The number of piperidine rings is 1. The molecule has 1 aliphatic carbocycles. The van der Waals surface area contributed by atoms with Gasteiger partial charge in [0, 0.05) is 43.3 Å². The van der Waals surface area contributed by atoms with E-state index in [0.717, 1.165) is 24.5 Å². The van der Waals surface area contributed by atoms with Gasteiger partial charge in [0.2, 0.25) is 5.91 Å². The molecule has 0 radical (unpaired) electrons. The van der Waals surface area contributed by atoms with E-state index in [1.807, 2.05) is 42.1 Å². The van der Waals surface area contributed by atoms with Crippen molar-refractivity contribution in [1.29, 1.82) is 0 Å². The number of nitrogens with zero attached hydrogens (tertiary/aromatic N) is 3. The molecule has 0 spiro atoms. The summed E-state index contributed by atoms with van der Waals surface area (Å²) >= 11 is 1.40. The molecular weight excluding hydrogens is 384 g/mol. The summed E-state index contributed by atoms with van der Waals surface area (Å²) in [5, 5.41) is 3.70. The van der Waals surface area contributed by atoms with E-state index in [0.29, 0.717) is 29.0 Å². The van der Waals surface area contributed by atoms with E-state index in [1.54, 1.807) is 6.20 Å². The maximum atomic E-state index is 13.1. The number of aromatic nitrogens is 2. The van der Waals surface area contributed by atoms with Crippen LogP contribution in [0.25, 0.3) is 0 Å². The summed E-state index contributed by atoms with van der Waals surface area (Å²) in [6, 6.07) is 7.71. The van der Waals surface area contributed by atoms with Crippen molar-refractivity contribution in [3.8, 4) is 0 Å². The Morgan fingerprint density at radius 1 is 1.14 bits per heavy atom. The Labute approximate surface area is 176 Å². The molecule has 1 saturated heterocycles. The third-order valence-corrected chi connectivity index (χ3v) is 7.09. The van der Waals surface area contributed by atoms with Gasteiger partial charge < -0.3 is 14.8 Å². The average molecular weight is 413 g/mol. The van der Waals surface area contributed by atoms with Crippen molar-refractivity contribution in [2.45, 2.75) is 49.7 Å². The molecule has 1 aromatic carbocycles. The average Bonchev–Trinajstić information content (AvgIpc) is 3.16. The number of thioether (sulfide) groups is 1. The van der Waals surface area contributed by atoms with Crippen molar-refractivity contribution in [3.63, 3.8) is 0 Å². The second kappa shape index (κ2) is 9.03. The second-order valence-corrected chi connectivity index (χ2v) is 8.93. The monoisotopic (exact) mass is 412 g/mol. The molecule has 6 nitrogen and oxygen atoms in total. The lowest BCUT2D eigenvalue weighted by Gasteiger charge is -2.44. The van der Waals surface area contributed by atoms with E-state index in [-0.39, 0.29) is 11.8 Å². The highest BCUT2D eigenvalue weighted by Gasteiger charge is 2.35. The van der Waals surface area contributed by atoms with E-state index in [2.05, 4.69) is 15.2 Å². The molecule has 4 rings (SSSR count). The number of carbonyl (C=O) groups is 2. The van der Waals surface area contributed by atoms with Crippen molar-refractivity contribution in [2.24, 2.45) is 13.0 Å². The van der Waals surface area contributed by atoms with Crippen LogP contribution in [0.3, 0.4) is 0 Å². The topological polar surface area (TPSA) is 67.2 Å². The molecule has 1 saturated carbocycles. The van der Waals surface area contributed by atoms with Crippen LogP contribution in [-0.2, 0) is 11.8 Å². The molecule has 1 N–H and O–H groups in total. The Kier molecular flexibility index (Phi) is 6.23. The Hall–Kier alpha value is -2.28. The predicted molar refractivity (Wildman–Crippen MR) is 115 cm³/mol. The summed E-state index contributed by atoms with van der Waals surface area (Å²) < 4.78 is 1.88. The van der Waals surface area contributed by atoms with Gasteiger partial charge in [-0.3, -0.25) is 9.59 Å². The van der Waals surface area contributed by atoms with Gasteiger partial charge in [0.1, 0.15) is 0 Å². The number of nitrogens with one attached hydrogen (secondary N) is 1. The number of aryl methyl sites for hydroxylation is 1. The van der Waals surface area contributed by atoms with E-state index in [9.17, 15) is 9.59 Å². The molecule has 2 atom stereocenters. The quantitative estimate of drug-likeness (QED) is 0.755. The summed E-state index contributed by atoms with van der Waals surface area (Å²) in [5.74, 6) is 1.02. The maximum Gasteiger partial charge on any atom is 0.254 e. The highest BCUT2D eigenvalue weighted by atomic mass is 32.2. The summed E-state index contributed by atoms with van der Waals surface area (Å²) in [5.41, 5.74) is 1.41. The van der Waals surface area contributed by atoms with Gasteiger partial charge in [-0.2, -0.15) is 0 Å². The number of imidazole rings is 1. The van der Waals surface area contributed by atoms with E-state index >= 15 is 0 Å². The van der Waals surface area contributed by atoms with E-state index < -0.39 is 0 Å². The molecule has 154 valence electrons. The first-order valence-corrected chi connectivity index (χ1v) is 11.4. The Morgan fingerprint density at radius 2 is 1.90 bits per heavy atom. The zero-order chi connectivity index (χ0) is 20.2. The first-order chi connectivity index (χ1) is 14.1. The number of fused-ring (bicyclic) bond motifs is 1. The predicted octanol–water partition coefficient (Wildman–Crippen LogP) is 3.95. The number of hydrogen-bond acceptors (Lipinski definition) is 4. The Bertz CT molecular complexity index is 862.